The molecule has 2 amide bonds. The lowest BCUT2D eigenvalue weighted by Gasteiger charge is -2.11. The molecule has 5 rings (SSSR count). The Morgan fingerprint density at radius 1 is 1.15 bits per heavy atom. The van der Waals surface area contributed by atoms with Gasteiger partial charge in [-0.3, -0.25) is 9.78 Å². The Hall–Kier alpha value is -4.02. The van der Waals surface area contributed by atoms with E-state index in [2.05, 4.69) is 15.6 Å². The number of benzene rings is 1. The summed E-state index contributed by atoms with van der Waals surface area (Å²) in [6.45, 7) is 1.88. The molecule has 1 saturated carbocycles. The van der Waals surface area contributed by atoms with Gasteiger partial charge in [0.2, 0.25) is 0 Å². The molecule has 0 radical (unpaired) electrons. The fraction of sp³-hybridized carbons (Fsp3) is 0.367. The summed E-state index contributed by atoms with van der Waals surface area (Å²) in [5, 5.41) is 11.4. The molecule has 0 saturated heterocycles. The number of aryl methyl sites for hydroxylation is 1. The number of unbranched alkanes of at least 4 members (excludes halogenated alkanes) is 1. The van der Waals surface area contributed by atoms with Crippen LogP contribution in [0.5, 0.6) is 5.75 Å². The van der Waals surface area contributed by atoms with Gasteiger partial charge in [0, 0.05) is 37.6 Å². The summed E-state index contributed by atoms with van der Waals surface area (Å²) in [5.74, 6) is 1.38. The minimum absolute atomic E-state index is 0.306. The van der Waals surface area contributed by atoms with E-state index in [1.54, 1.807) is 36.5 Å². The number of rotatable bonds is 12. The summed E-state index contributed by atoms with van der Waals surface area (Å²) in [5.41, 5.74) is 2.41. The number of carbonyl (C=O) groups is 2. The van der Waals surface area contributed by atoms with Gasteiger partial charge in [-0.1, -0.05) is 37.3 Å². The average Bonchev–Trinajstić information content (AvgIpc) is 3.74. The van der Waals surface area contributed by atoms with Crippen LogP contribution >= 0.6 is 11.6 Å². The molecule has 0 bridgehead atoms. The molecule has 10 nitrogen and oxygen atoms in total. The average molecular weight is 576 g/mol. The van der Waals surface area contributed by atoms with E-state index < -0.39 is 6.09 Å². The van der Waals surface area contributed by atoms with E-state index >= 15 is 0 Å². The lowest BCUT2D eigenvalue weighted by Crippen LogP contribution is -2.33. The first-order chi connectivity index (χ1) is 19.9. The standard InChI is InChI=1S/C30H34ClN7O3/c1-37(2)17-15-33-30(40)41-23-12-10-21(11-13-23)26-25(31)18-24-27(35-29(39)22-7-5-14-32-19-22)36-38(28(24)34-26)16-4-3-6-20-8-9-20/h5,7,10-14,18-20H,3-4,6,8-9,15-17H2,1-2H3,(H,33,40)(H,35,36,39). The van der Waals surface area contributed by atoms with Crippen molar-refractivity contribution in [1.82, 2.24) is 30.0 Å². The van der Waals surface area contributed by atoms with Crippen molar-refractivity contribution in [2.45, 2.75) is 38.6 Å². The highest BCUT2D eigenvalue weighted by molar-refractivity contribution is 6.34. The number of aromatic nitrogens is 4. The Morgan fingerprint density at radius 2 is 1.95 bits per heavy atom. The number of amides is 2. The van der Waals surface area contributed by atoms with Crippen LogP contribution in [0.25, 0.3) is 22.3 Å². The second kappa shape index (κ2) is 13.1. The maximum atomic E-state index is 12.9. The van der Waals surface area contributed by atoms with Gasteiger partial charge >= 0.3 is 6.09 Å². The van der Waals surface area contributed by atoms with E-state index in [1.807, 2.05) is 35.8 Å². The van der Waals surface area contributed by atoms with Crippen LogP contribution in [0.2, 0.25) is 5.02 Å². The molecular formula is C30H34ClN7O3. The predicted molar refractivity (Wildman–Crippen MR) is 159 cm³/mol. The number of carbonyl (C=O) groups excluding carboxylic acids is 2. The second-order valence-corrected chi connectivity index (χ2v) is 10.9. The van der Waals surface area contributed by atoms with Crippen molar-refractivity contribution in [3.05, 3.63) is 65.4 Å². The number of ether oxygens (including phenoxy) is 1. The molecule has 4 aromatic rings. The molecule has 1 fully saturated rings. The van der Waals surface area contributed by atoms with Crippen molar-refractivity contribution in [2.75, 3.05) is 32.5 Å². The number of hydrogen-bond acceptors (Lipinski definition) is 7. The molecule has 0 atom stereocenters. The molecule has 11 heteroatoms. The van der Waals surface area contributed by atoms with Crippen LogP contribution in [0, 0.1) is 5.92 Å². The first-order valence-corrected chi connectivity index (χ1v) is 14.2. The maximum Gasteiger partial charge on any atom is 0.412 e. The minimum atomic E-state index is -0.511. The van der Waals surface area contributed by atoms with Crippen molar-refractivity contribution in [3.8, 4) is 17.0 Å². The summed E-state index contributed by atoms with van der Waals surface area (Å²) < 4.78 is 7.22. The highest BCUT2D eigenvalue weighted by Crippen LogP contribution is 2.35. The van der Waals surface area contributed by atoms with Crippen molar-refractivity contribution in [1.29, 1.82) is 0 Å². The van der Waals surface area contributed by atoms with E-state index in [4.69, 9.17) is 26.4 Å². The number of halogens is 1. The zero-order valence-electron chi connectivity index (χ0n) is 23.3. The highest BCUT2D eigenvalue weighted by Gasteiger charge is 2.21. The molecular weight excluding hydrogens is 542 g/mol. The van der Waals surface area contributed by atoms with Crippen molar-refractivity contribution < 1.29 is 14.3 Å². The maximum absolute atomic E-state index is 12.9. The summed E-state index contributed by atoms with van der Waals surface area (Å²) in [6, 6.07) is 12.2. The van der Waals surface area contributed by atoms with E-state index in [1.165, 1.54) is 25.5 Å². The van der Waals surface area contributed by atoms with Gasteiger partial charge in [-0.25, -0.2) is 14.5 Å². The molecule has 0 spiro atoms. The summed E-state index contributed by atoms with van der Waals surface area (Å²) >= 11 is 6.73. The Kier molecular flexibility index (Phi) is 9.11. The van der Waals surface area contributed by atoms with Gasteiger partial charge in [-0.2, -0.15) is 5.10 Å². The Balaban J connectivity index is 1.37. The van der Waals surface area contributed by atoms with Crippen LogP contribution < -0.4 is 15.4 Å². The molecule has 41 heavy (non-hydrogen) atoms. The number of anilines is 1. The Bertz CT molecular complexity index is 1500. The van der Waals surface area contributed by atoms with Gasteiger partial charge in [0.05, 0.1) is 21.7 Å². The van der Waals surface area contributed by atoms with E-state index in [-0.39, 0.29) is 5.91 Å². The van der Waals surface area contributed by atoms with Crippen LogP contribution in [0.3, 0.4) is 0 Å². The quantitative estimate of drug-likeness (QED) is 0.210. The normalized spacial score (nSPS) is 13.0. The number of pyridine rings is 2. The molecule has 214 valence electrons. The van der Waals surface area contributed by atoms with Gasteiger partial charge in [-0.05, 0) is 68.9 Å². The Labute approximate surface area is 244 Å². The Morgan fingerprint density at radius 3 is 2.66 bits per heavy atom. The predicted octanol–water partition coefficient (Wildman–Crippen LogP) is 5.63. The van der Waals surface area contributed by atoms with Crippen LogP contribution in [0.4, 0.5) is 10.6 Å². The third-order valence-corrected chi connectivity index (χ3v) is 7.22. The number of nitrogens with one attached hydrogen (secondary N) is 2. The van der Waals surface area contributed by atoms with Crippen molar-refractivity contribution in [2.24, 2.45) is 5.92 Å². The number of hydrogen-bond donors (Lipinski definition) is 2. The topological polar surface area (TPSA) is 114 Å². The van der Waals surface area contributed by atoms with Crippen LogP contribution in [-0.4, -0.2) is 63.8 Å². The fourth-order valence-electron chi connectivity index (χ4n) is 4.51. The van der Waals surface area contributed by atoms with Crippen molar-refractivity contribution >= 4 is 40.5 Å². The monoisotopic (exact) mass is 575 g/mol. The van der Waals surface area contributed by atoms with Crippen LogP contribution in [0.15, 0.2) is 54.9 Å². The van der Waals surface area contributed by atoms with Gasteiger partial charge < -0.3 is 20.3 Å². The van der Waals surface area contributed by atoms with Gasteiger partial charge in [0.15, 0.2) is 11.5 Å². The minimum Gasteiger partial charge on any atom is -0.410 e. The molecule has 2 N–H and O–H groups in total. The van der Waals surface area contributed by atoms with Gasteiger partial charge in [0.1, 0.15) is 5.75 Å². The van der Waals surface area contributed by atoms with E-state index in [0.29, 0.717) is 58.5 Å². The highest BCUT2D eigenvalue weighted by atomic mass is 35.5. The largest absolute Gasteiger partial charge is 0.412 e. The zero-order valence-corrected chi connectivity index (χ0v) is 24.0. The number of nitrogens with zero attached hydrogens (tertiary/aromatic N) is 5. The summed E-state index contributed by atoms with van der Waals surface area (Å²) in [7, 11) is 3.87. The number of fused-ring (bicyclic) bond motifs is 1. The molecule has 1 aromatic carbocycles. The fourth-order valence-corrected chi connectivity index (χ4v) is 4.77. The lowest BCUT2D eigenvalue weighted by atomic mass is 10.1. The first kappa shape index (κ1) is 28.5. The molecule has 0 aliphatic heterocycles. The van der Waals surface area contributed by atoms with Crippen molar-refractivity contribution in [3.63, 3.8) is 0 Å². The molecule has 1 aliphatic rings. The van der Waals surface area contributed by atoms with Crippen LogP contribution in [0.1, 0.15) is 42.5 Å². The summed E-state index contributed by atoms with van der Waals surface area (Å²) in [4.78, 5) is 35.9. The summed E-state index contributed by atoms with van der Waals surface area (Å²) in [6.07, 6.45) is 8.61. The van der Waals surface area contributed by atoms with E-state index in [9.17, 15) is 9.59 Å². The smallest absolute Gasteiger partial charge is 0.410 e. The third kappa shape index (κ3) is 7.59. The molecule has 0 unspecified atom stereocenters. The SMILES string of the molecule is CN(C)CCNC(=O)Oc1ccc(-c2nc3c(cc2Cl)c(NC(=O)c2cccnc2)nn3CCCCC2CC2)cc1. The number of likely N-dealkylation sites (N-methyl/N-ethyl adjacent to an activating group) is 1. The first-order valence-electron chi connectivity index (χ1n) is 13.9. The lowest BCUT2D eigenvalue weighted by molar-refractivity contribution is 0.102. The zero-order chi connectivity index (χ0) is 28.8. The molecule has 3 aromatic heterocycles. The van der Waals surface area contributed by atoms with Gasteiger partial charge in [-0.15, -0.1) is 0 Å². The van der Waals surface area contributed by atoms with E-state index in [0.717, 1.165) is 24.3 Å². The third-order valence-electron chi connectivity index (χ3n) is 6.93. The molecule has 1 aliphatic carbocycles. The molecule has 3 heterocycles. The van der Waals surface area contributed by atoms with Crippen LogP contribution in [-0.2, 0) is 6.54 Å². The second-order valence-electron chi connectivity index (χ2n) is 10.5. The van der Waals surface area contributed by atoms with Gasteiger partial charge in [0.25, 0.3) is 5.91 Å².